The van der Waals surface area contributed by atoms with E-state index in [-0.39, 0.29) is 55.4 Å². The highest BCUT2D eigenvalue weighted by molar-refractivity contribution is 7.91. The molecule has 0 amide bonds. The highest BCUT2D eigenvalue weighted by atomic mass is 32.2. The topological polar surface area (TPSA) is 183 Å². The predicted octanol–water partition coefficient (Wildman–Crippen LogP) is 3.36. The van der Waals surface area contributed by atoms with Crippen LogP contribution in [-0.4, -0.2) is 27.9 Å². The smallest absolute Gasteiger partial charge is 0.267 e. The molecule has 13 heteroatoms. The molecule has 2 heterocycles. The molecule has 5 rings (SSSR count). The van der Waals surface area contributed by atoms with Crippen LogP contribution in [-0.2, 0) is 9.84 Å². The lowest BCUT2D eigenvalue weighted by Crippen LogP contribution is -2.28. The van der Waals surface area contributed by atoms with E-state index in [2.05, 4.69) is 20.3 Å². The van der Waals surface area contributed by atoms with Crippen LogP contribution in [0.1, 0.15) is 24.4 Å². The molecule has 0 fully saturated rings. The molecule has 0 aliphatic heterocycles. The van der Waals surface area contributed by atoms with Gasteiger partial charge in [-0.2, -0.15) is 15.2 Å². The lowest BCUT2D eigenvalue weighted by molar-refractivity contribution is 0.596. The van der Waals surface area contributed by atoms with Gasteiger partial charge in [-0.15, -0.1) is 0 Å². The van der Waals surface area contributed by atoms with Gasteiger partial charge in [-0.25, -0.2) is 17.8 Å². The summed E-state index contributed by atoms with van der Waals surface area (Å²) in [5.41, 5.74) is 10.9. The molecule has 3 aromatic carbocycles. The number of nitrogen functional groups attached to an aromatic ring is 2. The highest BCUT2D eigenvalue weighted by Gasteiger charge is 2.26. The average molecular weight is 557 g/mol. The number of halogens is 1. The van der Waals surface area contributed by atoms with Crippen LogP contribution in [0.25, 0.3) is 16.6 Å². The highest BCUT2D eigenvalue weighted by Crippen LogP contribution is 2.29. The average Bonchev–Trinajstić information content (AvgIpc) is 2.93. The van der Waals surface area contributed by atoms with Gasteiger partial charge in [-0.3, -0.25) is 9.36 Å². The lowest BCUT2D eigenvalue weighted by atomic mass is 10.2. The van der Waals surface area contributed by atoms with Gasteiger partial charge in [0, 0.05) is 0 Å². The second kappa shape index (κ2) is 10.1. The van der Waals surface area contributed by atoms with Crippen LogP contribution < -0.4 is 22.3 Å². The summed E-state index contributed by atoms with van der Waals surface area (Å²) in [6, 6.07) is 18.3. The Balaban J connectivity index is 1.79. The number of anilines is 3. The van der Waals surface area contributed by atoms with Crippen molar-refractivity contribution in [2.75, 3.05) is 16.8 Å². The van der Waals surface area contributed by atoms with Crippen LogP contribution in [0.3, 0.4) is 0 Å². The number of nitrogens with two attached hydrogens (primary N) is 2. The molecule has 0 aliphatic carbocycles. The monoisotopic (exact) mass is 556 g/mol. The van der Waals surface area contributed by atoms with Crippen LogP contribution in [0, 0.1) is 17.1 Å². The molecular formula is C27H21FN8O3S. The summed E-state index contributed by atoms with van der Waals surface area (Å²) in [5.74, 6) is -0.868. The van der Waals surface area contributed by atoms with Gasteiger partial charge >= 0.3 is 0 Å². The Hall–Kier alpha value is -5.35. The minimum Gasteiger partial charge on any atom is -0.382 e. The number of nitriles is 1. The molecule has 5 aromatic rings. The van der Waals surface area contributed by atoms with E-state index < -0.39 is 27.3 Å². The number of hydrogen-bond acceptors (Lipinski definition) is 10. The van der Waals surface area contributed by atoms with E-state index in [0.717, 1.165) is 10.6 Å². The Morgan fingerprint density at radius 1 is 1.00 bits per heavy atom. The number of sulfone groups is 1. The van der Waals surface area contributed by atoms with Gasteiger partial charge < -0.3 is 16.8 Å². The third-order valence-electron chi connectivity index (χ3n) is 6.10. The number of nitrogens with one attached hydrogen (secondary N) is 1. The number of benzene rings is 3. The molecule has 5 N–H and O–H groups in total. The number of aromatic nitrogens is 4. The third kappa shape index (κ3) is 4.56. The Morgan fingerprint density at radius 2 is 1.73 bits per heavy atom. The van der Waals surface area contributed by atoms with Crippen molar-refractivity contribution in [2.45, 2.75) is 22.8 Å². The lowest BCUT2D eigenvalue weighted by Gasteiger charge is -2.21. The molecule has 0 spiro atoms. The number of hydrogen-bond donors (Lipinski definition) is 3. The fraction of sp³-hybridized carbons (Fsp3) is 0.0741. The summed E-state index contributed by atoms with van der Waals surface area (Å²) in [7, 11) is -4.12. The van der Waals surface area contributed by atoms with Crippen LogP contribution in [0.4, 0.5) is 22.0 Å². The predicted molar refractivity (Wildman–Crippen MR) is 147 cm³/mol. The van der Waals surface area contributed by atoms with Crippen molar-refractivity contribution >= 4 is 38.3 Å². The van der Waals surface area contributed by atoms with Gasteiger partial charge in [-0.1, -0.05) is 30.3 Å². The van der Waals surface area contributed by atoms with Gasteiger partial charge in [0.25, 0.3) is 5.56 Å². The van der Waals surface area contributed by atoms with Gasteiger partial charge in [0.1, 0.15) is 29.1 Å². The zero-order chi connectivity index (χ0) is 28.6. The Bertz CT molecular complexity index is 1990. The molecule has 2 aromatic heterocycles. The summed E-state index contributed by atoms with van der Waals surface area (Å²) in [6.45, 7) is 1.63. The largest absolute Gasteiger partial charge is 0.382 e. The molecule has 1 atom stereocenters. The Labute approximate surface area is 227 Å². The van der Waals surface area contributed by atoms with Crippen LogP contribution in [0.2, 0.25) is 0 Å². The standard InChI is InChI=1S/C27H21FN8O3S/c1-15(32-24-19(14-29)23(30)34-27(31)35-24)25-33-20-11-6-12-21(40(38,39)18-9-3-2-4-10-18)22(20)26(37)36(25)17-8-5-7-16(28)13-17/h2-13,15H,1H3,(H5,30,31,32,34,35)/t15-/m0/s1. The SMILES string of the molecule is C[C@H](Nc1nc(N)nc(N)c1C#N)c1nc2cccc(S(=O)(=O)c3ccccc3)c2c(=O)n1-c1cccc(F)c1. The maximum absolute atomic E-state index is 14.3. The maximum Gasteiger partial charge on any atom is 0.267 e. The molecule has 0 radical (unpaired) electrons. The van der Waals surface area contributed by atoms with Crippen molar-refractivity contribution in [2.24, 2.45) is 0 Å². The molecule has 0 saturated carbocycles. The van der Waals surface area contributed by atoms with Crippen LogP contribution >= 0.6 is 0 Å². The first-order valence-corrected chi connectivity index (χ1v) is 13.3. The minimum atomic E-state index is -4.12. The maximum atomic E-state index is 14.3. The van der Waals surface area contributed by atoms with E-state index in [1.165, 1.54) is 48.5 Å². The van der Waals surface area contributed by atoms with Crippen molar-refractivity contribution in [3.8, 4) is 11.8 Å². The van der Waals surface area contributed by atoms with Gasteiger partial charge in [0.2, 0.25) is 15.8 Å². The zero-order valence-electron chi connectivity index (χ0n) is 20.9. The van der Waals surface area contributed by atoms with E-state index in [9.17, 15) is 22.9 Å². The first-order valence-electron chi connectivity index (χ1n) is 11.8. The molecular weight excluding hydrogens is 535 g/mol. The summed E-state index contributed by atoms with van der Waals surface area (Å²) in [6.07, 6.45) is 0. The second-order valence-corrected chi connectivity index (χ2v) is 10.6. The minimum absolute atomic E-state index is 0.000504. The van der Waals surface area contributed by atoms with Crippen molar-refractivity contribution in [3.05, 3.63) is 100 Å². The summed E-state index contributed by atoms with van der Waals surface area (Å²) in [5, 5.41) is 12.4. The first kappa shape index (κ1) is 26.3. The first-order chi connectivity index (χ1) is 19.1. The Morgan fingerprint density at radius 3 is 2.42 bits per heavy atom. The van der Waals surface area contributed by atoms with Crippen molar-refractivity contribution in [1.29, 1.82) is 5.26 Å². The van der Waals surface area contributed by atoms with Crippen molar-refractivity contribution in [3.63, 3.8) is 0 Å². The van der Waals surface area contributed by atoms with E-state index in [0.29, 0.717) is 0 Å². The van der Waals surface area contributed by atoms with Crippen molar-refractivity contribution in [1.82, 2.24) is 19.5 Å². The summed E-state index contributed by atoms with van der Waals surface area (Å²) >= 11 is 0. The fourth-order valence-electron chi connectivity index (χ4n) is 4.30. The molecule has 200 valence electrons. The van der Waals surface area contributed by atoms with Crippen LogP contribution in [0.15, 0.2) is 87.4 Å². The van der Waals surface area contributed by atoms with E-state index in [1.807, 2.05) is 6.07 Å². The summed E-state index contributed by atoms with van der Waals surface area (Å²) in [4.78, 5) is 26.4. The molecule has 40 heavy (non-hydrogen) atoms. The van der Waals surface area contributed by atoms with E-state index in [1.54, 1.807) is 25.1 Å². The molecule has 0 aliphatic rings. The van der Waals surface area contributed by atoms with Gasteiger partial charge in [-0.05, 0) is 49.4 Å². The normalized spacial score (nSPS) is 12.1. The zero-order valence-corrected chi connectivity index (χ0v) is 21.7. The fourth-order valence-corrected chi connectivity index (χ4v) is 5.79. The van der Waals surface area contributed by atoms with E-state index >= 15 is 0 Å². The van der Waals surface area contributed by atoms with E-state index in [4.69, 9.17) is 11.5 Å². The summed E-state index contributed by atoms with van der Waals surface area (Å²) < 4.78 is 42.6. The number of nitrogens with zero attached hydrogens (tertiary/aromatic N) is 5. The quantitative estimate of drug-likeness (QED) is 0.280. The Kier molecular flexibility index (Phi) is 6.62. The van der Waals surface area contributed by atoms with Crippen LogP contribution in [0.5, 0.6) is 0 Å². The number of rotatable bonds is 6. The number of fused-ring (bicyclic) bond motifs is 1. The molecule has 0 saturated heterocycles. The van der Waals surface area contributed by atoms with Gasteiger partial charge in [0.05, 0.1) is 32.4 Å². The second-order valence-electron chi connectivity index (χ2n) is 8.73. The molecule has 11 nitrogen and oxygen atoms in total. The molecule has 0 unspecified atom stereocenters. The molecule has 0 bridgehead atoms. The third-order valence-corrected chi connectivity index (χ3v) is 7.91. The van der Waals surface area contributed by atoms with Gasteiger partial charge in [0.15, 0.2) is 5.82 Å². The van der Waals surface area contributed by atoms with Crippen molar-refractivity contribution < 1.29 is 12.8 Å².